The Morgan fingerprint density at radius 1 is 1.22 bits per heavy atom. The molecule has 2 N–H and O–H groups in total. The van der Waals surface area contributed by atoms with Crippen LogP contribution >= 0.6 is 11.6 Å². The van der Waals surface area contributed by atoms with Gasteiger partial charge in [-0.25, -0.2) is 0 Å². The third-order valence-corrected chi connectivity index (χ3v) is 3.91. The zero-order valence-electron chi connectivity index (χ0n) is 14.4. The van der Waals surface area contributed by atoms with Crippen molar-refractivity contribution < 1.29 is 4.79 Å². The van der Waals surface area contributed by atoms with Gasteiger partial charge in [-0.15, -0.1) is 0 Å². The van der Waals surface area contributed by atoms with E-state index in [9.17, 15) is 4.79 Å². The van der Waals surface area contributed by atoms with Gasteiger partial charge in [0.1, 0.15) is 0 Å². The lowest BCUT2D eigenvalue weighted by Gasteiger charge is -2.19. The first-order chi connectivity index (χ1) is 11.0. The maximum atomic E-state index is 11.5. The molecule has 0 aromatic heterocycles. The zero-order chi connectivity index (χ0) is 17.2. The predicted molar refractivity (Wildman–Crippen MR) is 98.9 cm³/mol. The Kier molecular flexibility index (Phi) is 8.64. The number of rotatable bonds is 3. The molecule has 0 spiro atoms. The Balaban J connectivity index is 0.000000816. The molecule has 0 heterocycles. The van der Waals surface area contributed by atoms with Gasteiger partial charge in [-0.05, 0) is 42.9 Å². The van der Waals surface area contributed by atoms with E-state index in [1.165, 1.54) is 13.3 Å². The molecule has 2 rings (SSSR count). The summed E-state index contributed by atoms with van der Waals surface area (Å²) in [6.07, 6.45) is 5.13. The van der Waals surface area contributed by atoms with Crippen molar-refractivity contribution in [3.63, 3.8) is 0 Å². The number of ketones is 1. The van der Waals surface area contributed by atoms with E-state index >= 15 is 0 Å². The van der Waals surface area contributed by atoms with Crippen molar-refractivity contribution >= 4 is 23.1 Å². The zero-order valence-corrected chi connectivity index (χ0v) is 15.1. The summed E-state index contributed by atoms with van der Waals surface area (Å²) in [6.45, 7) is 6.28. The lowest BCUT2D eigenvalue weighted by molar-refractivity contribution is -0.113. The minimum Gasteiger partial charge on any atom is -0.396 e. The molecular formula is C19H27ClN2O. The number of allylic oxidation sites excluding steroid dienone is 2. The van der Waals surface area contributed by atoms with E-state index in [0.717, 1.165) is 47.6 Å². The Morgan fingerprint density at radius 3 is 2.43 bits per heavy atom. The number of Topliss-reactive ketones (excluding diaryl/α,β-unsaturated/α-hetero) is 1. The van der Waals surface area contributed by atoms with Gasteiger partial charge in [-0.2, -0.15) is 0 Å². The monoisotopic (exact) mass is 334 g/mol. The van der Waals surface area contributed by atoms with Gasteiger partial charge in [-0.3, -0.25) is 9.79 Å². The van der Waals surface area contributed by atoms with E-state index in [4.69, 9.17) is 17.3 Å². The van der Waals surface area contributed by atoms with E-state index < -0.39 is 0 Å². The molecule has 0 radical (unpaired) electrons. The molecule has 1 aromatic carbocycles. The highest BCUT2D eigenvalue weighted by molar-refractivity contribution is 6.31. The topological polar surface area (TPSA) is 55.5 Å². The second-order valence-corrected chi connectivity index (χ2v) is 6.12. The molecule has 23 heavy (non-hydrogen) atoms. The average molecular weight is 335 g/mol. The van der Waals surface area contributed by atoms with Crippen LogP contribution in [0.15, 0.2) is 40.5 Å². The lowest BCUT2D eigenvalue weighted by atomic mass is 9.90. The fraction of sp³-hybridized carbons (Fsp3) is 0.474. The Morgan fingerprint density at radius 2 is 1.83 bits per heavy atom. The molecule has 0 amide bonds. The van der Waals surface area contributed by atoms with Crippen LogP contribution < -0.4 is 5.73 Å². The Hall–Kier alpha value is -1.61. The highest BCUT2D eigenvalue weighted by Crippen LogP contribution is 2.24. The van der Waals surface area contributed by atoms with Crippen LogP contribution in [-0.2, 0) is 11.3 Å². The maximum Gasteiger partial charge on any atom is 0.175 e. The minimum absolute atomic E-state index is 0.0765. The number of aliphatic imine (C=N–C) groups is 1. The van der Waals surface area contributed by atoms with E-state index in [-0.39, 0.29) is 5.78 Å². The number of nitrogens with zero attached hydrogens (tertiary/aromatic N) is 1. The second kappa shape index (κ2) is 10.2. The largest absolute Gasteiger partial charge is 0.396 e. The van der Waals surface area contributed by atoms with E-state index in [2.05, 4.69) is 18.8 Å². The van der Waals surface area contributed by atoms with Crippen molar-refractivity contribution in [3.05, 3.63) is 46.1 Å². The first kappa shape index (κ1) is 19.4. The van der Waals surface area contributed by atoms with Crippen LogP contribution in [0.4, 0.5) is 0 Å². The number of carbonyl (C=O) groups is 1. The number of carbonyl (C=O) groups excluding carboxylic acids is 1. The van der Waals surface area contributed by atoms with Crippen LogP contribution in [0.3, 0.4) is 0 Å². The standard InChI is InChI=1S/C16H19ClN2O.C3H8/c1-11(20)16(18)13-7-3-5-9-15(13)19-10-12-6-2-4-8-14(12)17;1-3-2/h2,4,6,8H,3,5,7,9-10,18H2,1H3;3H2,1-2H3/b16-13-,19-15?;. The van der Waals surface area contributed by atoms with Gasteiger partial charge in [0.05, 0.1) is 12.2 Å². The molecule has 126 valence electrons. The van der Waals surface area contributed by atoms with E-state index in [1.807, 2.05) is 24.3 Å². The summed E-state index contributed by atoms with van der Waals surface area (Å²) in [5, 5.41) is 0.720. The van der Waals surface area contributed by atoms with Gasteiger partial charge in [0.15, 0.2) is 5.78 Å². The third-order valence-electron chi connectivity index (χ3n) is 3.54. The van der Waals surface area contributed by atoms with Crippen LogP contribution in [0.5, 0.6) is 0 Å². The van der Waals surface area contributed by atoms with E-state index in [0.29, 0.717) is 12.2 Å². The number of halogens is 1. The summed E-state index contributed by atoms with van der Waals surface area (Å²) in [6, 6.07) is 7.67. The van der Waals surface area contributed by atoms with E-state index in [1.54, 1.807) is 0 Å². The summed E-state index contributed by atoms with van der Waals surface area (Å²) >= 11 is 6.13. The lowest BCUT2D eigenvalue weighted by Crippen LogP contribution is -2.19. The van der Waals surface area contributed by atoms with Crippen LogP contribution in [0.1, 0.15) is 58.4 Å². The second-order valence-electron chi connectivity index (χ2n) is 5.72. The molecule has 0 atom stereocenters. The normalized spacial score (nSPS) is 18.2. The first-order valence-corrected chi connectivity index (χ1v) is 8.65. The highest BCUT2D eigenvalue weighted by Gasteiger charge is 2.18. The third kappa shape index (κ3) is 6.19. The van der Waals surface area contributed by atoms with Gasteiger partial charge in [0.25, 0.3) is 0 Å². The van der Waals surface area contributed by atoms with Crippen LogP contribution in [0, 0.1) is 0 Å². The minimum atomic E-state index is -0.0765. The van der Waals surface area contributed by atoms with Crippen molar-refractivity contribution in [3.8, 4) is 0 Å². The number of benzene rings is 1. The fourth-order valence-corrected chi connectivity index (χ4v) is 2.57. The summed E-state index contributed by atoms with van der Waals surface area (Å²) in [5.41, 5.74) is 9.15. The molecule has 0 saturated heterocycles. The van der Waals surface area contributed by atoms with Gasteiger partial charge in [0.2, 0.25) is 0 Å². The first-order valence-electron chi connectivity index (χ1n) is 8.27. The Labute approximate surface area is 144 Å². The molecule has 4 heteroatoms. The fourth-order valence-electron chi connectivity index (χ4n) is 2.37. The van der Waals surface area contributed by atoms with Gasteiger partial charge >= 0.3 is 0 Å². The number of hydrogen-bond donors (Lipinski definition) is 1. The molecule has 1 aliphatic rings. The quantitative estimate of drug-likeness (QED) is 0.784. The summed E-state index contributed by atoms with van der Waals surface area (Å²) < 4.78 is 0. The molecule has 0 aliphatic heterocycles. The molecule has 3 nitrogen and oxygen atoms in total. The van der Waals surface area contributed by atoms with Crippen molar-refractivity contribution in [2.45, 2.75) is 59.4 Å². The van der Waals surface area contributed by atoms with Crippen LogP contribution in [0.25, 0.3) is 0 Å². The predicted octanol–water partition coefficient (Wildman–Crippen LogP) is 5.07. The number of nitrogens with two attached hydrogens (primary N) is 1. The summed E-state index contributed by atoms with van der Waals surface area (Å²) in [4.78, 5) is 16.1. The smallest absolute Gasteiger partial charge is 0.175 e. The SMILES string of the molecule is CC(=O)/C(N)=C1\CCCCC1=NCc1ccccc1Cl.CCC. The molecule has 0 unspecified atom stereocenters. The van der Waals surface area contributed by atoms with Crippen molar-refractivity contribution in [2.24, 2.45) is 10.7 Å². The van der Waals surface area contributed by atoms with Gasteiger partial charge in [0, 0.05) is 17.7 Å². The Bertz CT molecular complexity index is 591. The summed E-state index contributed by atoms with van der Waals surface area (Å²) in [7, 11) is 0. The highest BCUT2D eigenvalue weighted by atomic mass is 35.5. The van der Waals surface area contributed by atoms with Crippen LogP contribution in [-0.4, -0.2) is 11.5 Å². The molecule has 1 aliphatic carbocycles. The van der Waals surface area contributed by atoms with Gasteiger partial charge < -0.3 is 5.73 Å². The molecule has 0 bridgehead atoms. The van der Waals surface area contributed by atoms with Crippen LogP contribution in [0.2, 0.25) is 5.02 Å². The van der Waals surface area contributed by atoms with Crippen molar-refractivity contribution in [2.75, 3.05) is 0 Å². The van der Waals surface area contributed by atoms with Crippen molar-refractivity contribution in [1.82, 2.24) is 0 Å². The van der Waals surface area contributed by atoms with Gasteiger partial charge in [-0.1, -0.05) is 50.1 Å². The van der Waals surface area contributed by atoms with Crippen molar-refractivity contribution in [1.29, 1.82) is 0 Å². The molecule has 1 aromatic rings. The molecule has 1 saturated carbocycles. The average Bonchev–Trinajstić information content (AvgIpc) is 2.54. The molecular weight excluding hydrogens is 308 g/mol. The maximum absolute atomic E-state index is 11.5. The summed E-state index contributed by atoms with van der Waals surface area (Å²) in [5.74, 6) is -0.0765. The number of hydrogen-bond acceptors (Lipinski definition) is 3. The molecule has 1 fully saturated rings.